The van der Waals surface area contributed by atoms with Crippen molar-refractivity contribution in [2.45, 2.75) is 25.7 Å². The maximum atomic E-state index is 12.9. The fraction of sp³-hybridized carbons (Fsp3) is 0.364. The molecular formula is C11H9F2N3O2S. The molecule has 1 aliphatic rings. The van der Waals surface area contributed by atoms with Crippen molar-refractivity contribution in [3.8, 4) is 5.13 Å². The number of aromatic carboxylic acids is 1. The minimum Gasteiger partial charge on any atom is -0.476 e. The Morgan fingerprint density at radius 3 is 2.89 bits per heavy atom. The van der Waals surface area contributed by atoms with E-state index in [0.29, 0.717) is 23.5 Å². The summed E-state index contributed by atoms with van der Waals surface area (Å²) in [5, 5.41) is 14.4. The second-order valence-electron chi connectivity index (χ2n) is 4.20. The van der Waals surface area contributed by atoms with E-state index in [-0.39, 0.29) is 11.4 Å². The van der Waals surface area contributed by atoms with Crippen LogP contribution in [0, 0.1) is 0 Å². The van der Waals surface area contributed by atoms with Crippen molar-refractivity contribution in [3.05, 3.63) is 28.0 Å². The molecule has 0 aliphatic heterocycles. The molecule has 1 N–H and O–H groups in total. The molecule has 0 fully saturated rings. The molecule has 8 heteroatoms. The summed E-state index contributed by atoms with van der Waals surface area (Å²) in [5.74, 6) is -1.14. The molecule has 0 radical (unpaired) electrons. The second kappa shape index (κ2) is 4.37. The third-order valence-electron chi connectivity index (χ3n) is 3.06. The number of carboxylic acids is 1. The van der Waals surface area contributed by atoms with Crippen LogP contribution in [0.3, 0.4) is 0 Å². The zero-order chi connectivity index (χ0) is 13.6. The fourth-order valence-electron chi connectivity index (χ4n) is 2.26. The van der Waals surface area contributed by atoms with Crippen molar-refractivity contribution in [3.63, 3.8) is 0 Å². The van der Waals surface area contributed by atoms with Crippen LogP contribution in [-0.2, 0) is 12.8 Å². The van der Waals surface area contributed by atoms with Crippen molar-refractivity contribution < 1.29 is 18.7 Å². The lowest BCUT2D eigenvalue weighted by Crippen LogP contribution is -2.03. The van der Waals surface area contributed by atoms with Gasteiger partial charge >= 0.3 is 5.97 Å². The molecule has 0 unspecified atom stereocenters. The van der Waals surface area contributed by atoms with E-state index >= 15 is 0 Å². The molecule has 2 aromatic heterocycles. The fourth-order valence-corrected chi connectivity index (χ4v) is 3.03. The average Bonchev–Trinajstić information content (AvgIpc) is 3.03. The maximum absolute atomic E-state index is 12.9. The zero-order valence-electron chi connectivity index (χ0n) is 9.64. The molecule has 0 aromatic carbocycles. The van der Waals surface area contributed by atoms with Crippen LogP contribution in [0.1, 0.15) is 40.3 Å². The first-order chi connectivity index (χ1) is 9.08. The Kier molecular flexibility index (Phi) is 2.81. The van der Waals surface area contributed by atoms with Gasteiger partial charge < -0.3 is 5.11 Å². The van der Waals surface area contributed by atoms with Gasteiger partial charge in [0.05, 0.1) is 5.69 Å². The quantitative estimate of drug-likeness (QED) is 0.940. The van der Waals surface area contributed by atoms with Gasteiger partial charge in [-0.2, -0.15) is 5.10 Å². The lowest BCUT2D eigenvalue weighted by molar-refractivity contribution is 0.0691. The highest BCUT2D eigenvalue weighted by molar-refractivity contribution is 7.12. The Balaban J connectivity index is 2.09. The maximum Gasteiger partial charge on any atom is 0.355 e. The zero-order valence-corrected chi connectivity index (χ0v) is 10.5. The average molecular weight is 285 g/mol. The number of halogens is 2. The summed E-state index contributed by atoms with van der Waals surface area (Å²) in [6, 6.07) is 0. The Hall–Kier alpha value is -1.83. The summed E-state index contributed by atoms with van der Waals surface area (Å²) in [5.41, 5.74) is 1.00. The lowest BCUT2D eigenvalue weighted by Gasteiger charge is -1.99. The van der Waals surface area contributed by atoms with Gasteiger partial charge in [0.1, 0.15) is 5.69 Å². The molecule has 1 aliphatic carbocycles. The topological polar surface area (TPSA) is 68.0 Å². The van der Waals surface area contributed by atoms with Crippen LogP contribution in [0.15, 0.2) is 5.38 Å². The minimum absolute atomic E-state index is 0.0964. The van der Waals surface area contributed by atoms with E-state index in [4.69, 9.17) is 5.11 Å². The molecule has 0 bridgehead atoms. The third-order valence-corrected chi connectivity index (χ3v) is 3.88. The number of rotatable bonds is 3. The number of carboxylic acid groups (broad SMARTS) is 1. The van der Waals surface area contributed by atoms with Crippen LogP contribution in [0.5, 0.6) is 0 Å². The number of thiazole rings is 1. The summed E-state index contributed by atoms with van der Waals surface area (Å²) in [4.78, 5) is 14.7. The van der Waals surface area contributed by atoms with Crippen LogP contribution in [-0.4, -0.2) is 25.8 Å². The van der Waals surface area contributed by atoms with Gasteiger partial charge in [-0.3, -0.25) is 0 Å². The van der Waals surface area contributed by atoms with Gasteiger partial charge in [0.15, 0.2) is 5.69 Å². The van der Waals surface area contributed by atoms with E-state index in [0.717, 1.165) is 23.5 Å². The first-order valence-corrected chi connectivity index (χ1v) is 6.54. The molecular weight excluding hydrogens is 276 g/mol. The Bertz CT molecular complexity index is 650. The van der Waals surface area contributed by atoms with Crippen LogP contribution < -0.4 is 0 Å². The number of alkyl halides is 2. The number of fused-ring (bicyclic) bond motifs is 1. The standard InChI is InChI=1S/C11H9F2N3O2S/c12-9(13)8-5-2-1-3-7(5)16(15-8)11-14-6(4-19-11)10(17)18/h4,9H,1-3H2,(H,17,18). The summed E-state index contributed by atoms with van der Waals surface area (Å²) in [7, 11) is 0. The lowest BCUT2D eigenvalue weighted by atomic mass is 10.2. The number of carbonyl (C=O) groups is 1. The molecule has 0 amide bonds. The van der Waals surface area contributed by atoms with Crippen molar-refractivity contribution in [2.75, 3.05) is 0 Å². The highest BCUT2D eigenvalue weighted by Gasteiger charge is 2.28. The van der Waals surface area contributed by atoms with E-state index in [1.807, 2.05) is 0 Å². The van der Waals surface area contributed by atoms with Gasteiger partial charge in [-0.25, -0.2) is 23.2 Å². The van der Waals surface area contributed by atoms with E-state index < -0.39 is 12.4 Å². The minimum atomic E-state index is -2.62. The predicted molar refractivity (Wildman–Crippen MR) is 63.2 cm³/mol. The Morgan fingerprint density at radius 2 is 2.26 bits per heavy atom. The number of nitrogens with zero attached hydrogens (tertiary/aromatic N) is 3. The molecule has 0 saturated heterocycles. The normalized spacial score (nSPS) is 14.1. The highest BCUT2D eigenvalue weighted by Crippen LogP contribution is 2.33. The van der Waals surface area contributed by atoms with Gasteiger partial charge in [-0.05, 0) is 19.3 Å². The number of aromatic nitrogens is 3. The Labute approximate surface area is 110 Å². The SMILES string of the molecule is O=C(O)c1csc(-n2nc(C(F)F)c3c2CCC3)n1. The van der Waals surface area contributed by atoms with Crippen LogP contribution >= 0.6 is 11.3 Å². The van der Waals surface area contributed by atoms with Gasteiger partial charge in [0.25, 0.3) is 6.43 Å². The largest absolute Gasteiger partial charge is 0.476 e. The van der Waals surface area contributed by atoms with Crippen LogP contribution in [0.2, 0.25) is 0 Å². The van der Waals surface area contributed by atoms with Gasteiger partial charge in [0, 0.05) is 10.9 Å². The number of hydrogen-bond donors (Lipinski definition) is 1. The monoisotopic (exact) mass is 285 g/mol. The molecule has 0 saturated carbocycles. The van der Waals surface area contributed by atoms with E-state index in [1.165, 1.54) is 10.1 Å². The first kappa shape index (κ1) is 12.2. The van der Waals surface area contributed by atoms with E-state index in [2.05, 4.69) is 10.1 Å². The molecule has 19 heavy (non-hydrogen) atoms. The van der Waals surface area contributed by atoms with Crippen molar-refractivity contribution in [1.29, 1.82) is 0 Å². The van der Waals surface area contributed by atoms with Gasteiger partial charge in [-0.15, -0.1) is 11.3 Å². The van der Waals surface area contributed by atoms with Crippen molar-refractivity contribution in [2.24, 2.45) is 0 Å². The molecule has 5 nitrogen and oxygen atoms in total. The molecule has 3 rings (SSSR count). The van der Waals surface area contributed by atoms with Crippen molar-refractivity contribution >= 4 is 17.3 Å². The molecule has 100 valence electrons. The molecule has 0 atom stereocenters. The first-order valence-electron chi connectivity index (χ1n) is 5.66. The van der Waals surface area contributed by atoms with Gasteiger partial charge in [0.2, 0.25) is 5.13 Å². The van der Waals surface area contributed by atoms with Crippen LogP contribution in [0.25, 0.3) is 5.13 Å². The molecule has 2 aromatic rings. The smallest absolute Gasteiger partial charge is 0.355 e. The third kappa shape index (κ3) is 1.92. The van der Waals surface area contributed by atoms with Gasteiger partial charge in [-0.1, -0.05) is 0 Å². The summed E-state index contributed by atoms with van der Waals surface area (Å²) >= 11 is 1.09. The number of hydrogen-bond acceptors (Lipinski definition) is 4. The Morgan fingerprint density at radius 1 is 1.47 bits per heavy atom. The van der Waals surface area contributed by atoms with Crippen LogP contribution in [0.4, 0.5) is 8.78 Å². The highest BCUT2D eigenvalue weighted by atomic mass is 32.1. The summed E-state index contributed by atoms with van der Waals surface area (Å²) < 4.78 is 27.2. The van der Waals surface area contributed by atoms with E-state index in [1.54, 1.807) is 0 Å². The van der Waals surface area contributed by atoms with Crippen molar-refractivity contribution in [1.82, 2.24) is 14.8 Å². The predicted octanol–water partition coefficient (Wildman–Crippen LogP) is 2.45. The molecule has 2 heterocycles. The second-order valence-corrected chi connectivity index (χ2v) is 5.03. The summed E-state index contributed by atoms with van der Waals surface area (Å²) in [6.07, 6.45) is -0.556. The molecule has 0 spiro atoms. The summed E-state index contributed by atoms with van der Waals surface area (Å²) in [6.45, 7) is 0. The van der Waals surface area contributed by atoms with E-state index in [9.17, 15) is 13.6 Å².